The molecule has 0 unspecified atom stereocenters. The van der Waals surface area contributed by atoms with E-state index in [1.165, 1.54) is 0 Å². The summed E-state index contributed by atoms with van der Waals surface area (Å²) in [4.78, 5) is 2.07. The Labute approximate surface area is 100 Å². The Morgan fingerprint density at radius 2 is 2.19 bits per heavy atom. The summed E-state index contributed by atoms with van der Waals surface area (Å²) in [6.45, 7) is 1.47. The van der Waals surface area contributed by atoms with Crippen molar-refractivity contribution in [2.75, 3.05) is 13.6 Å². The van der Waals surface area contributed by atoms with Gasteiger partial charge in [0.1, 0.15) is 5.84 Å². The summed E-state index contributed by atoms with van der Waals surface area (Å²) in [6.07, 6.45) is 0.539. The monoisotopic (exact) mass is 241 g/mol. The van der Waals surface area contributed by atoms with Crippen LogP contribution in [0.3, 0.4) is 0 Å². The number of nitrogens with two attached hydrogens (primary N) is 1. The quantitative estimate of drug-likeness (QED) is 0.358. The fraction of sp³-hybridized carbons (Fsp3) is 0.364. The number of halogens is 1. The van der Waals surface area contributed by atoms with Gasteiger partial charge in [-0.05, 0) is 18.7 Å². The van der Waals surface area contributed by atoms with E-state index in [1.807, 2.05) is 31.3 Å². The number of nitrogens with zero attached hydrogens (tertiary/aromatic N) is 2. The zero-order chi connectivity index (χ0) is 12.0. The lowest BCUT2D eigenvalue weighted by Crippen LogP contribution is -2.24. The van der Waals surface area contributed by atoms with Crippen molar-refractivity contribution >= 4 is 17.4 Å². The Morgan fingerprint density at radius 1 is 1.50 bits per heavy atom. The molecule has 0 bridgehead atoms. The highest BCUT2D eigenvalue weighted by molar-refractivity contribution is 6.31. The largest absolute Gasteiger partial charge is 0.409 e. The first-order valence-electron chi connectivity index (χ1n) is 5.02. The van der Waals surface area contributed by atoms with Gasteiger partial charge >= 0.3 is 0 Å². The predicted molar refractivity (Wildman–Crippen MR) is 65.8 cm³/mol. The van der Waals surface area contributed by atoms with Gasteiger partial charge in [-0.25, -0.2) is 0 Å². The van der Waals surface area contributed by atoms with E-state index in [9.17, 15) is 0 Å². The fourth-order valence-corrected chi connectivity index (χ4v) is 1.55. The van der Waals surface area contributed by atoms with Crippen molar-refractivity contribution in [3.63, 3.8) is 0 Å². The van der Waals surface area contributed by atoms with Crippen LogP contribution in [0.2, 0.25) is 5.02 Å². The summed E-state index contributed by atoms with van der Waals surface area (Å²) in [5.74, 6) is 0.242. The Bertz CT molecular complexity index is 368. The minimum Gasteiger partial charge on any atom is -0.409 e. The van der Waals surface area contributed by atoms with Gasteiger partial charge in [0.15, 0.2) is 0 Å². The molecular formula is C11H16ClN3O. The van der Waals surface area contributed by atoms with Crippen molar-refractivity contribution in [3.8, 4) is 0 Å². The highest BCUT2D eigenvalue weighted by atomic mass is 35.5. The molecule has 0 aliphatic heterocycles. The lowest BCUT2D eigenvalue weighted by molar-refractivity contribution is 0.309. The summed E-state index contributed by atoms with van der Waals surface area (Å²) in [5, 5.41) is 12.1. The molecule has 0 aliphatic carbocycles. The molecule has 1 rings (SSSR count). The van der Waals surface area contributed by atoms with Crippen LogP contribution in [-0.4, -0.2) is 29.5 Å². The van der Waals surface area contributed by atoms with E-state index in [0.29, 0.717) is 6.42 Å². The van der Waals surface area contributed by atoms with Gasteiger partial charge in [0.2, 0.25) is 0 Å². The predicted octanol–water partition coefficient (Wildman–Crippen LogP) is 1.91. The molecule has 0 saturated heterocycles. The zero-order valence-electron chi connectivity index (χ0n) is 9.23. The summed E-state index contributed by atoms with van der Waals surface area (Å²) < 4.78 is 0. The molecule has 0 amide bonds. The van der Waals surface area contributed by atoms with Crippen LogP contribution in [-0.2, 0) is 6.54 Å². The maximum Gasteiger partial charge on any atom is 0.140 e. The lowest BCUT2D eigenvalue weighted by atomic mass is 10.2. The molecule has 0 atom stereocenters. The van der Waals surface area contributed by atoms with E-state index >= 15 is 0 Å². The first-order valence-corrected chi connectivity index (χ1v) is 5.39. The van der Waals surface area contributed by atoms with Crippen molar-refractivity contribution in [2.45, 2.75) is 13.0 Å². The fourth-order valence-electron chi connectivity index (χ4n) is 1.35. The smallest absolute Gasteiger partial charge is 0.140 e. The van der Waals surface area contributed by atoms with E-state index in [0.717, 1.165) is 23.7 Å². The summed E-state index contributed by atoms with van der Waals surface area (Å²) in [7, 11) is 1.97. The topological polar surface area (TPSA) is 61.8 Å². The van der Waals surface area contributed by atoms with Gasteiger partial charge in [0, 0.05) is 24.5 Å². The number of amidine groups is 1. The van der Waals surface area contributed by atoms with Crippen LogP contribution in [0.5, 0.6) is 0 Å². The highest BCUT2D eigenvalue weighted by Gasteiger charge is 2.04. The number of hydrogen-bond acceptors (Lipinski definition) is 3. The Kier molecular flexibility index (Phi) is 5.08. The highest BCUT2D eigenvalue weighted by Crippen LogP contribution is 2.16. The SMILES string of the molecule is CN(CC/C(N)=N/O)Cc1ccccc1Cl. The van der Waals surface area contributed by atoms with Crippen LogP contribution in [0, 0.1) is 0 Å². The molecule has 0 saturated carbocycles. The third kappa shape index (κ3) is 4.08. The van der Waals surface area contributed by atoms with Crippen molar-refractivity contribution in [1.82, 2.24) is 4.90 Å². The number of rotatable bonds is 5. The summed E-state index contributed by atoms with van der Waals surface area (Å²) >= 11 is 6.04. The lowest BCUT2D eigenvalue weighted by Gasteiger charge is -2.16. The van der Waals surface area contributed by atoms with E-state index in [4.69, 9.17) is 22.5 Å². The van der Waals surface area contributed by atoms with Crippen molar-refractivity contribution < 1.29 is 5.21 Å². The van der Waals surface area contributed by atoms with Gasteiger partial charge in [-0.3, -0.25) is 0 Å². The maximum atomic E-state index is 8.40. The van der Waals surface area contributed by atoms with E-state index < -0.39 is 0 Å². The molecule has 0 heterocycles. The van der Waals surface area contributed by atoms with Gasteiger partial charge in [-0.2, -0.15) is 0 Å². The number of benzene rings is 1. The second-order valence-electron chi connectivity index (χ2n) is 3.67. The van der Waals surface area contributed by atoms with E-state index in [-0.39, 0.29) is 5.84 Å². The Balaban J connectivity index is 2.46. The second kappa shape index (κ2) is 6.35. The maximum absolute atomic E-state index is 8.40. The molecule has 5 heteroatoms. The molecule has 4 nitrogen and oxygen atoms in total. The second-order valence-corrected chi connectivity index (χ2v) is 4.08. The van der Waals surface area contributed by atoms with Crippen LogP contribution in [0.25, 0.3) is 0 Å². The first-order chi connectivity index (χ1) is 7.63. The molecule has 0 aliphatic rings. The standard InChI is InChI=1S/C11H16ClN3O/c1-15(7-6-11(13)14-16)8-9-4-2-3-5-10(9)12/h2-5,16H,6-8H2,1H3,(H2,13,14). The minimum atomic E-state index is 0.242. The van der Waals surface area contributed by atoms with Crippen LogP contribution >= 0.6 is 11.6 Å². The molecular weight excluding hydrogens is 226 g/mol. The molecule has 0 fully saturated rings. The van der Waals surface area contributed by atoms with Gasteiger partial charge < -0.3 is 15.8 Å². The first kappa shape index (κ1) is 12.8. The van der Waals surface area contributed by atoms with Crippen molar-refractivity contribution in [3.05, 3.63) is 34.9 Å². The van der Waals surface area contributed by atoms with Crippen LogP contribution in [0.1, 0.15) is 12.0 Å². The molecule has 3 N–H and O–H groups in total. The Hall–Kier alpha value is -1.26. The minimum absolute atomic E-state index is 0.242. The van der Waals surface area contributed by atoms with Crippen molar-refractivity contribution in [2.24, 2.45) is 10.9 Å². The molecule has 88 valence electrons. The molecule has 0 aromatic heterocycles. The number of oxime groups is 1. The molecule has 1 aromatic rings. The van der Waals surface area contributed by atoms with Gasteiger partial charge in [-0.15, -0.1) is 0 Å². The molecule has 0 radical (unpaired) electrons. The van der Waals surface area contributed by atoms with Gasteiger partial charge in [0.25, 0.3) is 0 Å². The van der Waals surface area contributed by atoms with E-state index in [1.54, 1.807) is 0 Å². The normalized spacial score (nSPS) is 12.1. The van der Waals surface area contributed by atoms with Crippen LogP contribution < -0.4 is 5.73 Å². The third-order valence-electron chi connectivity index (χ3n) is 2.28. The van der Waals surface area contributed by atoms with Crippen LogP contribution in [0.4, 0.5) is 0 Å². The molecule has 0 spiro atoms. The average Bonchev–Trinajstić information content (AvgIpc) is 2.29. The van der Waals surface area contributed by atoms with Gasteiger partial charge in [0.05, 0.1) is 0 Å². The van der Waals surface area contributed by atoms with Crippen LogP contribution in [0.15, 0.2) is 29.4 Å². The molecule has 16 heavy (non-hydrogen) atoms. The van der Waals surface area contributed by atoms with Gasteiger partial charge in [-0.1, -0.05) is 35.0 Å². The Morgan fingerprint density at radius 3 is 2.81 bits per heavy atom. The average molecular weight is 242 g/mol. The van der Waals surface area contributed by atoms with Crippen molar-refractivity contribution in [1.29, 1.82) is 0 Å². The third-order valence-corrected chi connectivity index (χ3v) is 2.64. The zero-order valence-corrected chi connectivity index (χ0v) is 9.98. The number of hydrogen-bond donors (Lipinski definition) is 2. The summed E-state index contributed by atoms with van der Waals surface area (Å²) in [5.41, 5.74) is 6.47. The summed E-state index contributed by atoms with van der Waals surface area (Å²) in [6, 6.07) is 7.72. The van der Waals surface area contributed by atoms with E-state index in [2.05, 4.69) is 10.1 Å². The molecule has 1 aromatic carbocycles.